The van der Waals surface area contributed by atoms with Gasteiger partial charge in [0.1, 0.15) is 17.7 Å². The summed E-state index contributed by atoms with van der Waals surface area (Å²) in [6.45, 7) is 0. The Hall–Kier alpha value is -2.63. The molecule has 84 valence electrons. The second-order valence-corrected chi connectivity index (χ2v) is 3.57. The van der Waals surface area contributed by atoms with E-state index in [0.717, 1.165) is 16.6 Å². The average molecular weight is 228 g/mol. The summed E-state index contributed by atoms with van der Waals surface area (Å²) in [4.78, 5) is 24.7. The Balaban J connectivity index is 2.19. The molecular formula is C11H8N4O2. The summed E-state index contributed by atoms with van der Waals surface area (Å²) in [5.41, 5.74) is 2.31. The molecule has 0 aliphatic rings. The second-order valence-electron chi connectivity index (χ2n) is 3.57. The van der Waals surface area contributed by atoms with Gasteiger partial charge in [0.2, 0.25) is 0 Å². The summed E-state index contributed by atoms with van der Waals surface area (Å²) >= 11 is 0. The molecular weight excluding hydrogens is 220 g/mol. The average Bonchev–Trinajstić information content (AvgIpc) is 2.97. The number of aromatic amines is 2. The Labute approximate surface area is 95.3 Å². The number of nitrogens with zero attached hydrogens (tertiary/aromatic N) is 2. The van der Waals surface area contributed by atoms with E-state index in [1.165, 1.54) is 6.33 Å². The molecule has 0 spiro atoms. The van der Waals surface area contributed by atoms with Crippen LogP contribution in [0, 0.1) is 0 Å². The van der Waals surface area contributed by atoms with Crippen LogP contribution in [0.2, 0.25) is 0 Å². The third-order valence-electron chi connectivity index (χ3n) is 2.54. The fraction of sp³-hybridized carbons (Fsp3) is 0. The smallest absolute Gasteiger partial charge is 0.352 e. The largest absolute Gasteiger partial charge is 0.477 e. The maximum Gasteiger partial charge on any atom is 0.352 e. The van der Waals surface area contributed by atoms with Crippen molar-refractivity contribution in [1.29, 1.82) is 0 Å². The molecule has 0 saturated heterocycles. The number of fused-ring (bicyclic) bond motifs is 1. The van der Waals surface area contributed by atoms with E-state index in [9.17, 15) is 4.79 Å². The number of aromatic carboxylic acids is 1. The predicted octanol–water partition coefficient (Wildman–Crippen LogP) is 1.65. The van der Waals surface area contributed by atoms with Gasteiger partial charge in [-0.1, -0.05) is 0 Å². The van der Waals surface area contributed by atoms with Crippen LogP contribution in [0.3, 0.4) is 0 Å². The van der Waals surface area contributed by atoms with Gasteiger partial charge in [-0.25, -0.2) is 14.8 Å². The van der Waals surface area contributed by atoms with Crippen molar-refractivity contribution in [3.8, 4) is 11.3 Å². The Morgan fingerprint density at radius 1 is 1.29 bits per heavy atom. The molecule has 6 heteroatoms. The number of nitrogens with one attached hydrogen (secondary N) is 2. The quantitative estimate of drug-likeness (QED) is 0.621. The maximum atomic E-state index is 10.8. The maximum absolute atomic E-state index is 10.8. The van der Waals surface area contributed by atoms with E-state index in [2.05, 4.69) is 19.9 Å². The standard InChI is InChI=1S/C11H8N4O2/c16-11(17)8-3-6(4-13-8)9-7-1-2-12-10(7)15-5-14-9/h1-5,13H,(H,16,17)(H,12,14,15). The minimum absolute atomic E-state index is 0.141. The zero-order valence-corrected chi connectivity index (χ0v) is 8.64. The molecule has 3 heterocycles. The fourth-order valence-electron chi connectivity index (χ4n) is 1.76. The van der Waals surface area contributed by atoms with Gasteiger partial charge in [-0.3, -0.25) is 0 Å². The summed E-state index contributed by atoms with van der Waals surface area (Å²) < 4.78 is 0. The zero-order valence-electron chi connectivity index (χ0n) is 8.64. The number of carbonyl (C=O) groups is 1. The molecule has 3 rings (SSSR count). The van der Waals surface area contributed by atoms with Crippen molar-refractivity contribution < 1.29 is 9.90 Å². The number of hydrogen-bond donors (Lipinski definition) is 3. The Morgan fingerprint density at radius 2 is 2.18 bits per heavy atom. The highest BCUT2D eigenvalue weighted by Crippen LogP contribution is 2.25. The van der Waals surface area contributed by atoms with E-state index in [4.69, 9.17) is 5.11 Å². The van der Waals surface area contributed by atoms with Crippen LogP contribution in [-0.4, -0.2) is 31.0 Å². The highest BCUT2D eigenvalue weighted by atomic mass is 16.4. The monoisotopic (exact) mass is 228 g/mol. The number of rotatable bonds is 2. The summed E-state index contributed by atoms with van der Waals surface area (Å²) in [6.07, 6.45) is 4.84. The van der Waals surface area contributed by atoms with Gasteiger partial charge < -0.3 is 15.1 Å². The molecule has 0 aliphatic heterocycles. The van der Waals surface area contributed by atoms with Crippen molar-refractivity contribution >= 4 is 17.0 Å². The number of carboxylic acids is 1. The van der Waals surface area contributed by atoms with Gasteiger partial charge >= 0.3 is 5.97 Å². The van der Waals surface area contributed by atoms with Crippen molar-refractivity contribution in [3.63, 3.8) is 0 Å². The third-order valence-corrected chi connectivity index (χ3v) is 2.54. The second kappa shape index (κ2) is 3.44. The molecule has 0 aliphatic carbocycles. The molecule has 0 unspecified atom stereocenters. The van der Waals surface area contributed by atoms with E-state index in [1.54, 1.807) is 18.5 Å². The minimum atomic E-state index is -0.990. The predicted molar refractivity (Wildman–Crippen MR) is 60.6 cm³/mol. The molecule has 0 aromatic carbocycles. The van der Waals surface area contributed by atoms with Crippen LogP contribution in [0.5, 0.6) is 0 Å². The van der Waals surface area contributed by atoms with E-state index in [1.807, 2.05) is 6.07 Å². The van der Waals surface area contributed by atoms with Gasteiger partial charge in [0.25, 0.3) is 0 Å². The van der Waals surface area contributed by atoms with Crippen molar-refractivity contribution in [1.82, 2.24) is 19.9 Å². The summed E-state index contributed by atoms with van der Waals surface area (Å²) in [5, 5.41) is 9.71. The molecule has 0 radical (unpaired) electrons. The van der Waals surface area contributed by atoms with Crippen LogP contribution in [-0.2, 0) is 0 Å². The Kier molecular flexibility index (Phi) is 1.94. The van der Waals surface area contributed by atoms with E-state index >= 15 is 0 Å². The SMILES string of the molecule is O=C(O)c1cc(-c2ncnc3[nH]ccc23)c[nH]1. The lowest BCUT2D eigenvalue weighted by atomic mass is 10.1. The van der Waals surface area contributed by atoms with Gasteiger partial charge in [0.15, 0.2) is 0 Å². The normalized spacial score (nSPS) is 10.8. The van der Waals surface area contributed by atoms with Crippen LogP contribution in [0.15, 0.2) is 30.9 Å². The van der Waals surface area contributed by atoms with Crippen LogP contribution < -0.4 is 0 Å². The van der Waals surface area contributed by atoms with Gasteiger partial charge in [0.05, 0.1) is 5.69 Å². The number of hydrogen-bond acceptors (Lipinski definition) is 3. The first-order chi connectivity index (χ1) is 8.25. The number of H-pyrrole nitrogens is 2. The van der Waals surface area contributed by atoms with Gasteiger partial charge in [0, 0.05) is 23.3 Å². The zero-order chi connectivity index (χ0) is 11.8. The van der Waals surface area contributed by atoms with Gasteiger partial charge in [-0.05, 0) is 12.1 Å². The molecule has 6 nitrogen and oxygen atoms in total. The number of aromatic nitrogens is 4. The summed E-state index contributed by atoms with van der Waals surface area (Å²) in [7, 11) is 0. The summed E-state index contributed by atoms with van der Waals surface area (Å²) in [5.74, 6) is -0.990. The van der Waals surface area contributed by atoms with E-state index in [-0.39, 0.29) is 5.69 Å². The molecule has 3 aromatic heterocycles. The first kappa shape index (κ1) is 9.59. The Morgan fingerprint density at radius 3 is 2.94 bits per heavy atom. The molecule has 3 N–H and O–H groups in total. The molecule has 0 amide bonds. The molecule has 0 fully saturated rings. The van der Waals surface area contributed by atoms with Crippen LogP contribution >= 0.6 is 0 Å². The topological polar surface area (TPSA) is 94.7 Å². The van der Waals surface area contributed by atoms with Gasteiger partial charge in [-0.15, -0.1) is 0 Å². The minimum Gasteiger partial charge on any atom is -0.477 e. The lowest BCUT2D eigenvalue weighted by molar-refractivity contribution is 0.0691. The van der Waals surface area contributed by atoms with E-state index < -0.39 is 5.97 Å². The molecule has 0 bridgehead atoms. The first-order valence-electron chi connectivity index (χ1n) is 4.96. The van der Waals surface area contributed by atoms with Crippen LogP contribution in [0.4, 0.5) is 0 Å². The van der Waals surface area contributed by atoms with Crippen molar-refractivity contribution in [2.45, 2.75) is 0 Å². The Bertz CT molecular complexity index is 698. The van der Waals surface area contributed by atoms with Crippen LogP contribution in [0.25, 0.3) is 22.3 Å². The molecule has 0 atom stereocenters. The number of carboxylic acid groups (broad SMARTS) is 1. The first-order valence-corrected chi connectivity index (χ1v) is 4.96. The molecule has 3 aromatic rings. The highest BCUT2D eigenvalue weighted by molar-refractivity contribution is 5.93. The lowest BCUT2D eigenvalue weighted by Gasteiger charge is -1.97. The fourth-order valence-corrected chi connectivity index (χ4v) is 1.76. The summed E-state index contributed by atoms with van der Waals surface area (Å²) in [6, 6.07) is 3.41. The van der Waals surface area contributed by atoms with Crippen molar-refractivity contribution in [2.75, 3.05) is 0 Å². The molecule has 17 heavy (non-hydrogen) atoms. The van der Waals surface area contributed by atoms with Crippen molar-refractivity contribution in [2.24, 2.45) is 0 Å². The third kappa shape index (κ3) is 1.46. The van der Waals surface area contributed by atoms with E-state index in [0.29, 0.717) is 5.69 Å². The highest BCUT2D eigenvalue weighted by Gasteiger charge is 2.11. The van der Waals surface area contributed by atoms with Crippen molar-refractivity contribution in [3.05, 3.63) is 36.5 Å². The van der Waals surface area contributed by atoms with Crippen LogP contribution in [0.1, 0.15) is 10.5 Å². The lowest BCUT2D eigenvalue weighted by Crippen LogP contribution is -1.94. The van der Waals surface area contributed by atoms with Gasteiger partial charge in [-0.2, -0.15) is 0 Å². The molecule has 0 saturated carbocycles.